The van der Waals surface area contributed by atoms with E-state index in [1.807, 2.05) is 13.1 Å². The molecule has 0 amide bonds. The van der Waals surface area contributed by atoms with Gasteiger partial charge in [0.2, 0.25) is 0 Å². The third-order valence-electron chi connectivity index (χ3n) is 2.78. The summed E-state index contributed by atoms with van der Waals surface area (Å²) in [4.78, 5) is 6.31. The van der Waals surface area contributed by atoms with E-state index in [0.29, 0.717) is 0 Å². The van der Waals surface area contributed by atoms with Crippen molar-refractivity contribution < 1.29 is 4.74 Å². The number of rotatable bonds is 6. The highest BCUT2D eigenvalue weighted by Gasteiger charge is 2.20. The minimum Gasteiger partial charge on any atom is -0.399 e. The number of pyridine rings is 1. The lowest BCUT2D eigenvalue weighted by Gasteiger charge is -2.18. The van der Waals surface area contributed by atoms with E-state index in [-0.39, 0.29) is 0 Å². The number of hydrogen-bond acceptors (Lipinski definition) is 4. The molecule has 0 unspecified atom stereocenters. The van der Waals surface area contributed by atoms with Crippen molar-refractivity contribution in [3.63, 3.8) is 0 Å². The monoisotopic (exact) mass is 221 g/mol. The molecule has 0 bridgehead atoms. The van der Waals surface area contributed by atoms with Crippen LogP contribution in [0.3, 0.4) is 0 Å². The third-order valence-corrected chi connectivity index (χ3v) is 2.78. The Balaban J connectivity index is 1.71. The maximum atomic E-state index is 5.70. The molecule has 2 rings (SSSR count). The molecule has 1 aliphatic rings. The molecule has 1 saturated carbocycles. The highest BCUT2D eigenvalue weighted by molar-refractivity contribution is 5.49. The molecule has 1 heterocycles. The lowest BCUT2D eigenvalue weighted by Crippen LogP contribution is -2.23. The van der Waals surface area contributed by atoms with Crippen LogP contribution in [-0.4, -0.2) is 31.8 Å². The molecule has 1 aromatic rings. The van der Waals surface area contributed by atoms with Crippen LogP contribution in [0.25, 0.3) is 0 Å². The van der Waals surface area contributed by atoms with Crippen molar-refractivity contribution in [3.05, 3.63) is 18.3 Å². The summed E-state index contributed by atoms with van der Waals surface area (Å²) >= 11 is 0. The molecule has 16 heavy (non-hydrogen) atoms. The Morgan fingerprint density at radius 2 is 2.38 bits per heavy atom. The maximum Gasteiger partial charge on any atom is 0.130 e. The van der Waals surface area contributed by atoms with Crippen LogP contribution < -0.4 is 10.6 Å². The normalized spacial score (nSPS) is 15.1. The average Bonchev–Trinajstić information content (AvgIpc) is 3.08. The Kier molecular flexibility index (Phi) is 3.62. The average molecular weight is 221 g/mol. The Hall–Kier alpha value is -1.29. The number of nitrogen functional groups attached to an aromatic ring is 1. The van der Waals surface area contributed by atoms with E-state index in [9.17, 15) is 0 Å². The molecule has 0 saturated heterocycles. The summed E-state index contributed by atoms with van der Waals surface area (Å²) in [5.74, 6) is 1.73. The number of nitrogens with zero attached hydrogens (tertiary/aromatic N) is 2. The number of hydrogen-bond donors (Lipinski definition) is 1. The summed E-state index contributed by atoms with van der Waals surface area (Å²) in [5, 5.41) is 0. The van der Waals surface area contributed by atoms with Crippen LogP contribution in [0.15, 0.2) is 18.3 Å². The minimum absolute atomic E-state index is 0.746. The number of ether oxygens (including phenoxy) is 1. The van der Waals surface area contributed by atoms with Crippen LogP contribution in [0.1, 0.15) is 12.8 Å². The smallest absolute Gasteiger partial charge is 0.130 e. The zero-order valence-electron chi connectivity index (χ0n) is 9.72. The molecule has 1 aromatic heterocycles. The summed E-state index contributed by atoms with van der Waals surface area (Å²) in [6, 6.07) is 3.67. The second-order valence-corrected chi connectivity index (χ2v) is 4.39. The zero-order valence-corrected chi connectivity index (χ0v) is 9.72. The first-order chi connectivity index (χ1) is 7.75. The summed E-state index contributed by atoms with van der Waals surface area (Å²) in [5.41, 5.74) is 6.45. The van der Waals surface area contributed by atoms with Gasteiger partial charge in [-0.05, 0) is 24.8 Å². The van der Waals surface area contributed by atoms with Crippen LogP contribution in [0.2, 0.25) is 0 Å². The van der Waals surface area contributed by atoms with Crippen molar-refractivity contribution in [3.8, 4) is 0 Å². The fourth-order valence-corrected chi connectivity index (χ4v) is 1.49. The highest BCUT2D eigenvalue weighted by atomic mass is 16.5. The largest absolute Gasteiger partial charge is 0.399 e. The fourth-order valence-electron chi connectivity index (χ4n) is 1.49. The van der Waals surface area contributed by atoms with Crippen LogP contribution in [0.4, 0.5) is 11.5 Å². The lowest BCUT2D eigenvalue weighted by molar-refractivity contribution is 0.131. The van der Waals surface area contributed by atoms with Gasteiger partial charge in [0.15, 0.2) is 0 Å². The molecule has 0 aliphatic heterocycles. The van der Waals surface area contributed by atoms with E-state index in [1.54, 1.807) is 12.3 Å². The topological polar surface area (TPSA) is 51.4 Å². The van der Waals surface area contributed by atoms with Crippen LogP contribution >= 0.6 is 0 Å². The molecule has 1 aliphatic carbocycles. The van der Waals surface area contributed by atoms with E-state index in [1.165, 1.54) is 12.8 Å². The van der Waals surface area contributed by atoms with Gasteiger partial charge in [-0.2, -0.15) is 0 Å². The molecule has 4 nitrogen and oxygen atoms in total. The summed E-state index contributed by atoms with van der Waals surface area (Å²) in [7, 11) is 2.00. The lowest BCUT2D eigenvalue weighted by atomic mass is 10.4. The Morgan fingerprint density at radius 3 is 3.06 bits per heavy atom. The van der Waals surface area contributed by atoms with E-state index >= 15 is 0 Å². The van der Waals surface area contributed by atoms with E-state index < -0.39 is 0 Å². The van der Waals surface area contributed by atoms with Gasteiger partial charge in [-0.25, -0.2) is 4.98 Å². The molecule has 0 radical (unpaired) electrons. The van der Waals surface area contributed by atoms with Gasteiger partial charge in [-0.3, -0.25) is 0 Å². The Bertz CT molecular complexity index is 339. The number of anilines is 2. The Morgan fingerprint density at radius 1 is 1.56 bits per heavy atom. The van der Waals surface area contributed by atoms with Crippen molar-refractivity contribution in [2.75, 3.05) is 37.4 Å². The minimum atomic E-state index is 0.746. The van der Waals surface area contributed by atoms with Crippen molar-refractivity contribution in [2.45, 2.75) is 12.8 Å². The SMILES string of the molecule is CN(CCOCC1CC1)c1cc(N)ccn1. The number of aromatic nitrogens is 1. The zero-order chi connectivity index (χ0) is 11.4. The van der Waals surface area contributed by atoms with Gasteiger partial charge in [-0.15, -0.1) is 0 Å². The second-order valence-electron chi connectivity index (χ2n) is 4.39. The van der Waals surface area contributed by atoms with E-state index in [0.717, 1.165) is 37.2 Å². The summed E-state index contributed by atoms with van der Waals surface area (Å²) in [6.07, 6.45) is 4.41. The molecule has 4 heteroatoms. The predicted molar refractivity (Wildman–Crippen MR) is 65.5 cm³/mol. The van der Waals surface area contributed by atoms with Gasteiger partial charge in [-0.1, -0.05) is 0 Å². The van der Waals surface area contributed by atoms with Crippen LogP contribution in [-0.2, 0) is 4.74 Å². The number of likely N-dealkylation sites (N-methyl/N-ethyl adjacent to an activating group) is 1. The number of nitrogens with two attached hydrogens (primary N) is 1. The summed E-state index contributed by atoms with van der Waals surface area (Å²) < 4.78 is 5.58. The molecular weight excluding hydrogens is 202 g/mol. The second kappa shape index (κ2) is 5.16. The molecule has 1 fully saturated rings. The van der Waals surface area contributed by atoms with Crippen molar-refractivity contribution >= 4 is 11.5 Å². The van der Waals surface area contributed by atoms with Gasteiger partial charge in [0.25, 0.3) is 0 Å². The third kappa shape index (κ3) is 3.38. The van der Waals surface area contributed by atoms with Crippen molar-refractivity contribution in [1.82, 2.24) is 4.98 Å². The first kappa shape index (κ1) is 11.2. The Labute approximate surface area is 96.4 Å². The molecule has 88 valence electrons. The molecule has 0 aromatic carbocycles. The van der Waals surface area contributed by atoms with E-state index in [2.05, 4.69) is 9.88 Å². The van der Waals surface area contributed by atoms with Crippen molar-refractivity contribution in [1.29, 1.82) is 0 Å². The molecule has 0 spiro atoms. The molecule has 0 atom stereocenters. The fraction of sp³-hybridized carbons (Fsp3) is 0.583. The van der Waals surface area contributed by atoms with Gasteiger partial charge in [0.1, 0.15) is 5.82 Å². The van der Waals surface area contributed by atoms with Crippen molar-refractivity contribution in [2.24, 2.45) is 5.92 Å². The quantitative estimate of drug-likeness (QED) is 0.740. The standard InChI is InChI=1S/C12H19N3O/c1-15(6-7-16-9-10-2-3-10)12-8-11(13)4-5-14-12/h4-5,8,10H,2-3,6-7,9H2,1H3,(H2,13,14). The van der Waals surface area contributed by atoms with Crippen LogP contribution in [0, 0.1) is 5.92 Å². The molecular formula is C12H19N3O. The predicted octanol–water partition coefficient (Wildman–Crippen LogP) is 1.53. The highest BCUT2D eigenvalue weighted by Crippen LogP contribution is 2.28. The first-order valence-electron chi connectivity index (χ1n) is 5.76. The van der Waals surface area contributed by atoms with Gasteiger partial charge in [0.05, 0.1) is 6.61 Å². The van der Waals surface area contributed by atoms with Gasteiger partial charge >= 0.3 is 0 Å². The van der Waals surface area contributed by atoms with Crippen LogP contribution in [0.5, 0.6) is 0 Å². The van der Waals surface area contributed by atoms with Gasteiger partial charge < -0.3 is 15.4 Å². The first-order valence-corrected chi connectivity index (χ1v) is 5.76. The molecule has 2 N–H and O–H groups in total. The van der Waals surface area contributed by atoms with Gasteiger partial charge in [0, 0.05) is 38.1 Å². The van der Waals surface area contributed by atoms with E-state index in [4.69, 9.17) is 10.5 Å². The summed E-state index contributed by atoms with van der Waals surface area (Å²) in [6.45, 7) is 2.52. The maximum absolute atomic E-state index is 5.70.